The van der Waals surface area contributed by atoms with Gasteiger partial charge in [-0.1, -0.05) is 6.07 Å². The number of nitrogens with one attached hydrogen (secondary N) is 1. The first-order chi connectivity index (χ1) is 8.50. The minimum absolute atomic E-state index is 0.0267. The van der Waals surface area contributed by atoms with Crippen LogP contribution in [0.25, 0.3) is 0 Å². The Hall–Kier alpha value is -1.01. The van der Waals surface area contributed by atoms with Crippen molar-refractivity contribution in [2.24, 2.45) is 5.92 Å². The van der Waals surface area contributed by atoms with Crippen LogP contribution >= 0.6 is 11.8 Å². The highest BCUT2D eigenvalue weighted by Gasteiger charge is 2.32. The molecule has 1 saturated heterocycles. The summed E-state index contributed by atoms with van der Waals surface area (Å²) in [7, 11) is -3.01. The first-order valence-corrected chi connectivity index (χ1v) is 8.70. The SMILES string of the molecule is CSc1cccc(NC(=O)[C@@H]2CCS(=O)(=O)C2)c1. The third-order valence-corrected chi connectivity index (χ3v) is 5.43. The van der Waals surface area contributed by atoms with Gasteiger partial charge < -0.3 is 5.32 Å². The van der Waals surface area contributed by atoms with Crippen molar-refractivity contribution < 1.29 is 13.2 Å². The Morgan fingerprint density at radius 1 is 1.44 bits per heavy atom. The summed E-state index contributed by atoms with van der Waals surface area (Å²) in [6.07, 6.45) is 2.39. The predicted octanol–water partition coefficient (Wildman–Crippen LogP) is 1.78. The Balaban J connectivity index is 2.03. The third-order valence-electron chi connectivity index (χ3n) is 2.94. The molecule has 1 heterocycles. The molecule has 1 N–H and O–H groups in total. The molecule has 0 aliphatic carbocycles. The number of amides is 1. The lowest BCUT2D eigenvalue weighted by atomic mass is 10.1. The maximum Gasteiger partial charge on any atom is 0.228 e. The van der Waals surface area contributed by atoms with E-state index in [1.54, 1.807) is 17.8 Å². The fourth-order valence-electron chi connectivity index (χ4n) is 1.95. The Bertz CT molecular complexity index is 554. The molecule has 1 fully saturated rings. The van der Waals surface area contributed by atoms with E-state index in [4.69, 9.17) is 0 Å². The van der Waals surface area contributed by atoms with Crippen LogP contribution in [0.15, 0.2) is 29.2 Å². The average molecular weight is 285 g/mol. The molecule has 2 rings (SSSR count). The Kier molecular flexibility index (Phi) is 3.97. The van der Waals surface area contributed by atoms with E-state index >= 15 is 0 Å². The summed E-state index contributed by atoms with van der Waals surface area (Å²) < 4.78 is 22.6. The van der Waals surface area contributed by atoms with Crippen molar-refractivity contribution in [3.8, 4) is 0 Å². The second-order valence-electron chi connectivity index (χ2n) is 4.32. The second kappa shape index (κ2) is 5.32. The van der Waals surface area contributed by atoms with Crippen LogP contribution in [-0.2, 0) is 14.6 Å². The first-order valence-electron chi connectivity index (χ1n) is 5.65. The van der Waals surface area contributed by atoms with Gasteiger partial charge in [-0.25, -0.2) is 8.42 Å². The van der Waals surface area contributed by atoms with E-state index in [0.717, 1.165) is 10.6 Å². The Labute approximate surface area is 111 Å². The number of carbonyl (C=O) groups is 1. The highest BCUT2D eigenvalue weighted by Crippen LogP contribution is 2.22. The van der Waals surface area contributed by atoms with Gasteiger partial charge in [0.15, 0.2) is 9.84 Å². The summed E-state index contributed by atoms with van der Waals surface area (Å²) in [5.41, 5.74) is 0.719. The molecule has 6 heteroatoms. The molecule has 1 aliphatic heterocycles. The van der Waals surface area contributed by atoms with Crippen LogP contribution < -0.4 is 5.32 Å². The van der Waals surface area contributed by atoms with Gasteiger partial charge in [0.1, 0.15) is 0 Å². The third kappa shape index (κ3) is 3.26. The van der Waals surface area contributed by atoms with Gasteiger partial charge in [-0.2, -0.15) is 0 Å². The molecule has 18 heavy (non-hydrogen) atoms. The number of rotatable bonds is 3. The highest BCUT2D eigenvalue weighted by molar-refractivity contribution is 7.98. The molecule has 98 valence electrons. The fourth-order valence-corrected chi connectivity index (χ4v) is 4.15. The molecule has 0 saturated carbocycles. The summed E-state index contributed by atoms with van der Waals surface area (Å²) in [5, 5.41) is 2.78. The average Bonchev–Trinajstić information content (AvgIpc) is 2.70. The van der Waals surface area contributed by atoms with Gasteiger partial charge in [0, 0.05) is 10.6 Å². The molecule has 0 spiro atoms. The molecule has 0 aromatic heterocycles. The zero-order chi connectivity index (χ0) is 13.2. The van der Waals surface area contributed by atoms with Crippen molar-refractivity contribution in [2.75, 3.05) is 23.1 Å². The minimum Gasteiger partial charge on any atom is -0.326 e. The molecule has 1 aromatic carbocycles. The predicted molar refractivity (Wildman–Crippen MR) is 73.6 cm³/mol. The quantitative estimate of drug-likeness (QED) is 0.860. The molecule has 0 unspecified atom stereocenters. The van der Waals surface area contributed by atoms with Crippen molar-refractivity contribution in [3.05, 3.63) is 24.3 Å². The van der Waals surface area contributed by atoms with Crippen molar-refractivity contribution in [3.63, 3.8) is 0 Å². The second-order valence-corrected chi connectivity index (χ2v) is 7.43. The molecule has 4 nitrogen and oxygen atoms in total. The van der Waals surface area contributed by atoms with Crippen LogP contribution in [0.5, 0.6) is 0 Å². The summed E-state index contributed by atoms with van der Waals surface area (Å²) in [4.78, 5) is 13.0. The number of carbonyl (C=O) groups excluding carboxylic acids is 1. The van der Waals surface area contributed by atoms with Gasteiger partial charge in [-0.3, -0.25) is 4.79 Å². The van der Waals surface area contributed by atoms with E-state index in [0.29, 0.717) is 6.42 Å². The molecular formula is C12H15NO3S2. The number of thioether (sulfide) groups is 1. The standard InChI is InChI=1S/C12H15NO3S2/c1-17-11-4-2-3-10(7-11)13-12(14)9-5-6-18(15,16)8-9/h2-4,7,9H,5-6,8H2,1H3,(H,13,14)/t9-/m1/s1. The normalized spacial score (nSPS) is 21.7. The van der Waals surface area contributed by atoms with Crippen LogP contribution in [0.1, 0.15) is 6.42 Å². The molecule has 1 amide bonds. The van der Waals surface area contributed by atoms with E-state index < -0.39 is 15.8 Å². The molecule has 1 aromatic rings. The van der Waals surface area contributed by atoms with Gasteiger partial charge in [-0.05, 0) is 30.9 Å². The summed E-state index contributed by atoms with van der Waals surface area (Å²) in [6.45, 7) is 0. The zero-order valence-electron chi connectivity index (χ0n) is 10.0. The van der Waals surface area contributed by atoms with Crippen LogP contribution in [0.3, 0.4) is 0 Å². The lowest BCUT2D eigenvalue weighted by Crippen LogP contribution is -2.23. The van der Waals surface area contributed by atoms with Crippen molar-refractivity contribution in [1.82, 2.24) is 0 Å². The van der Waals surface area contributed by atoms with Gasteiger partial charge in [0.25, 0.3) is 0 Å². The molecular weight excluding hydrogens is 270 g/mol. The Morgan fingerprint density at radius 2 is 2.22 bits per heavy atom. The fraction of sp³-hybridized carbons (Fsp3) is 0.417. The van der Waals surface area contributed by atoms with Crippen LogP contribution in [-0.4, -0.2) is 32.1 Å². The van der Waals surface area contributed by atoms with Gasteiger partial charge >= 0.3 is 0 Å². The lowest BCUT2D eigenvalue weighted by molar-refractivity contribution is -0.119. The summed E-state index contributed by atoms with van der Waals surface area (Å²) in [6, 6.07) is 7.51. The molecule has 1 aliphatic rings. The zero-order valence-corrected chi connectivity index (χ0v) is 11.7. The van der Waals surface area contributed by atoms with Crippen molar-refractivity contribution >= 4 is 33.2 Å². The largest absolute Gasteiger partial charge is 0.326 e. The first kappa shape index (κ1) is 13.4. The van der Waals surface area contributed by atoms with E-state index in [9.17, 15) is 13.2 Å². The van der Waals surface area contributed by atoms with Crippen LogP contribution in [0.4, 0.5) is 5.69 Å². The number of anilines is 1. The monoisotopic (exact) mass is 285 g/mol. The number of hydrogen-bond donors (Lipinski definition) is 1. The van der Waals surface area contributed by atoms with Gasteiger partial charge in [0.2, 0.25) is 5.91 Å². The smallest absolute Gasteiger partial charge is 0.228 e. The van der Waals surface area contributed by atoms with E-state index in [1.165, 1.54) is 0 Å². The number of hydrogen-bond acceptors (Lipinski definition) is 4. The van der Waals surface area contributed by atoms with E-state index in [2.05, 4.69) is 5.32 Å². The van der Waals surface area contributed by atoms with E-state index in [1.807, 2.05) is 24.5 Å². The van der Waals surface area contributed by atoms with Gasteiger partial charge in [0.05, 0.1) is 17.4 Å². The number of sulfone groups is 1. The van der Waals surface area contributed by atoms with Gasteiger partial charge in [-0.15, -0.1) is 11.8 Å². The van der Waals surface area contributed by atoms with Crippen LogP contribution in [0.2, 0.25) is 0 Å². The van der Waals surface area contributed by atoms with E-state index in [-0.39, 0.29) is 17.4 Å². The summed E-state index contributed by atoms with van der Waals surface area (Å²) in [5.74, 6) is -0.515. The topological polar surface area (TPSA) is 63.2 Å². The number of benzene rings is 1. The molecule has 1 atom stereocenters. The van der Waals surface area contributed by atoms with Crippen molar-refractivity contribution in [1.29, 1.82) is 0 Å². The highest BCUT2D eigenvalue weighted by atomic mass is 32.2. The molecule has 0 bridgehead atoms. The minimum atomic E-state index is -3.01. The van der Waals surface area contributed by atoms with Crippen LogP contribution in [0, 0.1) is 5.92 Å². The van der Waals surface area contributed by atoms with Crippen molar-refractivity contribution in [2.45, 2.75) is 11.3 Å². The lowest BCUT2D eigenvalue weighted by Gasteiger charge is -2.10. The molecule has 0 radical (unpaired) electrons. The maximum atomic E-state index is 11.9. The summed E-state index contributed by atoms with van der Waals surface area (Å²) >= 11 is 1.59. The maximum absolute atomic E-state index is 11.9. The Morgan fingerprint density at radius 3 is 2.83 bits per heavy atom.